The van der Waals surface area contributed by atoms with Crippen LogP contribution >= 0.6 is 11.6 Å². The fourth-order valence-corrected chi connectivity index (χ4v) is 2.98. The molecular formula is C18H15ClFN5O. The smallest absolute Gasteiger partial charge is 0.255 e. The molecule has 0 unspecified atom stereocenters. The molecule has 1 aliphatic rings. The molecule has 1 saturated carbocycles. The summed E-state index contributed by atoms with van der Waals surface area (Å²) in [5.41, 5.74) is 0.782. The molecule has 0 atom stereocenters. The van der Waals surface area contributed by atoms with E-state index >= 15 is 0 Å². The third kappa shape index (κ3) is 3.30. The third-order valence-electron chi connectivity index (χ3n) is 4.32. The summed E-state index contributed by atoms with van der Waals surface area (Å²) >= 11 is 6.12. The SMILES string of the molecule is O=C(c1ccc(-n2cnnc2)nc1)N(Cc1c(F)cccc1Cl)C1CC1. The number of pyridine rings is 1. The molecule has 0 aliphatic heterocycles. The average Bonchev–Trinajstić information content (AvgIpc) is 3.34. The Labute approximate surface area is 154 Å². The Morgan fingerprint density at radius 2 is 2.00 bits per heavy atom. The van der Waals surface area contributed by atoms with Gasteiger partial charge in [0.15, 0.2) is 0 Å². The van der Waals surface area contributed by atoms with Crippen LogP contribution in [-0.2, 0) is 6.54 Å². The van der Waals surface area contributed by atoms with Crippen LogP contribution in [0.2, 0.25) is 5.02 Å². The zero-order chi connectivity index (χ0) is 18.1. The quantitative estimate of drug-likeness (QED) is 0.690. The maximum atomic E-state index is 14.1. The van der Waals surface area contributed by atoms with E-state index in [1.54, 1.807) is 33.7 Å². The van der Waals surface area contributed by atoms with E-state index in [0.29, 0.717) is 22.0 Å². The van der Waals surface area contributed by atoms with E-state index in [9.17, 15) is 9.18 Å². The minimum atomic E-state index is -0.406. The van der Waals surface area contributed by atoms with Gasteiger partial charge >= 0.3 is 0 Å². The van der Waals surface area contributed by atoms with E-state index < -0.39 is 5.82 Å². The van der Waals surface area contributed by atoms with Gasteiger partial charge < -0.3 is 4.90 Å². The van der Waals surface area contributed by atoms with Gasteiger partial charge in [-0.25, -0.2) is 9.37 Å². The van der Waals surface area contributed by atoms with Gasteiger partial charge in [0, 0.05) is 22.8 Å². The van der Waals surface area contributed by atoms with Crippen molar-refractivity contribution in [2.75, 3.05) is 0 Å². The molecule has 0 spiro atoms. The van der Waals surface area contributed by atoms with Crippen LogP contribution in [-0.4, -0.2) is 36.6 Å². The Hall–Kier alpha value is -2.80. The lowest BCUT2D eigenvalue weighted by Gasteiger charge is -2.23. The van der Waals surface area contributed by atoms with Crippen LogP contribution in [0.15, 0.2) is 49.2 Å². The van der Waals surface area contributed by atoms with Crippen molar-refractivity contribution in [1.29, 1.82) is 0 Å². The molecule has 8 heteroatoms. The fraction of sp³-hybridized carbons (Fsp3) is 0.222. The second-order valence-electron chi connectivity index (χ2n) is 6.14. The minimum Gasteiger partial charge on any atom is -0.331 e. The summed E-state index contributed by atoms with van der Waals surface area (Å²) in [4.78, 5) is 18.9. The highest BCUT2D eigenvalue weighted by Gasteiger charge is 2.34. The lowest BCUT2D eigenvalue weighted by molar-refractivity contribution is 0.0728. The van der Waals surface area contributed by atoms with Crippen LogP contribution in [0.5, 0.6) is 0 Å². The van der Waals surface area contributed by atoms with Crippen LogP contribution in [0.3, 0.4) is 0 Å². The molecule has 0 N–H and O–H groups in total. The lowest BCUT2D eigenvalue weighted by atomic mass is 10.1. The van der Waals surface area contributed by atoms with Crippen molar-refractivity contribution in [3.63, 3.8) is 0 Å². The number of amides is 1. The molecule has 6 nitrogen and oxygen atoms in total. The molecule has 3 aromatic rings. The van der Waals surface area contributed by atoms with Crippen LogP contribution in [0, 0.1) is 5.82 Å². The predicted octanol–water partition coefficient (Wildman–Crippen LogP) is 3.26. The van der Waals surface area contributed by atoms with Gasteiger partial charge in [-0.05, 0) is 37.1 Å². The number of carbonyl (C=O) groups is 1. The molecule has 1 amide bonds. The van der Waals surface area contributed by atoms with Crippen molar-refractivity contribution in [3.8, 4) is 5.82 Å². The molecule has 1 aliphatic carbocycles. The Bertz CT molecular complexity index is 905. The first-order valence-corrected chi connectivity index (χ1v) is 8.56. The highest BCUT2D eigenvalue weighted by atomic mass is 35.5. The molecule has 4 rings (SSSR count). The number of halogens is 2. The molecule has 26 heavy (non-hydrogen) atoms. The van der Waals surface area contributed by atoms with Crippen molar-refractivity contribution in [2.24, 2.45) is 0 Å². The number of carbonyl (C=O) groups excluding carboxylic acids is 1. The first kappa shape index (κ1) is 16.7. The first-order valence-electron chi connectivity index (χ1n) is 8.18. The second kappa shape index (κ2) is 6.84. The molecule has 132 valence electrons. The Balaban J connectivity index is 1.58. The van der Waals surface area contributed by atoms with Crippen molar-refractivity contribution >= 4 is 17.5 Å². The van der Waals surface area contributed by atoms with Gasteiger partial charge in [0.05, 0.1) is 12.1 Å². The average molecular weight is 372 g/mol. The Morgan fingerprint density at radius 3 is 2.62 bits per heavy atom. The summed E-state index contributed by atoms with van der Waals surface area (Å²) in [5, 5.41) is 7.78. The predicted molar refractivity (Wildman–Crippen MR) is 93.5 cm³/mol. The van der Waals surface area contributed by atoms with Gasteiger partial charge in [-0.15, -0.1) is 10.2 Å². The standard InChI is InChI=1S/C18H15ClFN5O/c19-15-2-1-3-16(20)14(15)9-25(13-5-6-13)18(26)12-4-7-17(21-8-12)24-10-22-23-11-24/h1-4,7-8,10-11,13H,5-6,9H2. The molecule has 0 radical (unpaired) electrons. The van der Waals surface area contributed by atoms with E-state index in [2.05, 4.69) is 15.2 Å². The largest absolute Gasteiger partial charge is 0.331 e. The monoisotopic (exact) mass is 371 g/mol. The van der Waals surface area contributed by atoms with Crippen LogP contribution in [0.4, 0.5) is 4.39 Å². The summed E-state index contributed by atoms with van der Waals surface area (Å²) in [6, 6.07) is 8.06. The minimum absolute atomic E-state index is 0.107. The van der Waals surface area contributed by atoms with E-state index in [-0.39, 0.29) is 18.5 Å². The lowest BCUT2D eigenvalue weighted by Crippen LogP contribution is -2.33. The molecule has 2 aromatic heterocycles. The van der Waals surface area contributed by atoms with Gasteiger partial charge in [0.2, 0.25) is 0 Å². The van der Waals surface area contributed by atoms with Crippen molar-refractivity contribution < 1.29 is 9.18 Å². The Kier molecular flexibility index (Phi) is 4.38. The van der Waals surface area contributed by atoms with Gasteiger partial charge in [-0.2, -0.15) is 0 Å². The fourth-order valence-electron chi connectivity index (χ4n) is 2.76. The van der Waals surface area contributed by atoms with Crippen LogP contribution in [0.25, 0.3) is 5.82 Å². The van der Waals surface area contributed by atoms with E-state index in [1.165, 1.54) is 24.9 Å². The van der Waals surface area contributed by atoms with Crippen LogP contribution in [0.1, 0.15) is 28.8 Å². The van der Waals surface area contributed by atoms with Gasteiger partial charge in [-0.1, -0.05) is 17.7 Å². The van der Waals surface area contributed by atoms with E-state index in [0.717, 1.165) is 12.8 Å². The highest BCUT2D eigenvalue weighted by molar-refractivity contribution is 6.31. The summed E-state index contributed by atoms with van der Waals surface area (Å²) in [7, 11) is 0. The van der Waals surface area contributed by atoms with Crippen molar-refractivity contribution in [3.05, 3.63) is 71.2 Å². The number of aromatic nitrogens is 4. The molecule has 1 aromatic carbocycles. The Morgan fingerprint density at radius 1 is 1.23 bits per heavy atom. The number of nitrogens with zero attached hydrogens (tertiary/aromatic N) is 5. The summed E-state index contributed by atoms with van der Waals surface area (Å²) in [6.45, 7) is 0.141. The van der Waals surface area contributed by atoms with E-state index in [1.807, 2.05) is 0 Å². The number of benzene rings is 1. The summed E-state index contributed by atoms with van der Waals surface area (Å²) in [5.74, 6) is 0.0216. The van der Waals surface area contributed by atoms with Crippen molar-refractivity contribution in [2.45, 2.75) is 25.4 Å². The van der Waals surface area contributed by atoms with Crippen molar-refractivity contribution in [1.82, 2.24) is 24.6 Å². The molecule has 0 saturated heterocycles. The molecule has 2 heterocycles. The number of rotatable bonds is 5. The van der Waals surface area contributed by atoms with Gasteiger partial charge in [0.25, 0.3) is 5.91 Å². The zero-order valence-corrected chi connectivity index (χ0v) is 14.5. The molecule has 1 fully saturated rings. The van der Waals surface area contributed by atoms with Gasteiger partial charge in [-0.3, -0.25) is 9.36 Å². The maximum absolute atomic E-state index is 14.1. The number of hydrogen-bond acceptors (Lipinski definition) is 4. The topological polar surface area (TPSA) is 63.9 Å². The zero-order valence-electron chi connectivity index (χ0n) is 13.7. The molecule has 0 bridgehead atoms. The normalized spacial score (nSPS) is 13.6. The highest BCUT2D eigenvalue weighted by Crippen LogP contribution is 2.32. The maximum Gasteiger partial charge on any atom is 0.255 e. The second-order valence-corrected chi connectivity index (χ2v) is 6.55. The van der Waals surface area contributed by atoms with E-state index in [4.69, 9.17) is 11.6 Å². The van der Waals surface area contributed by atoms with Crippen LogP contribution < -0.4 is 0 Å². The summed E-state index contributed by atoms with van der Waals surface area (Å²) < 4.78 is 15.8. The summed E-state index contributed by atoms with van der Waals surface area (Å²) in [6.07, 6.45) is 6.38. The number of hydrogen-bond donors (Lipinski definition) is 0. The molecular weight excluding hydrogens is 357 g/mol. The third-order valence-corrected chi connectivity index (χ3v) is 4.67. The van der Waals surface area contributed by atoms with Gasteiger partial charge in [0.1, 0.15) is 24.3 Å². The first-order chi connectivity index (χ1) is 12.6.